The van der Waals surface area contributed by atoms with Crippen LogP contribution in [-0.4, -0.2) is 14.2 Å². The van der Waals surface area contributed by atoms with Gasteiger partial charge in [0.2, 0.25) is 0 Å². The minimum absolute atomic E-state index is 0.113. The van der Waals surface area contributed by atoms with E-state index >= 15 is 0 Å². The van der Waals surface area contributed by atoms with E-state index in [2.05, 4.69) is 6.08 Å². The smallest absolute Gasteiger partial charge is 0.179 e. The number of rotatable bonds is 4. The van der Waals surface area contributed by atoms with Gasteiger partial charge in [0.05, 0.1) is 25.3 Å². The summed E-state index contributed by atoms with van der Waals surface area (Å²) in [5, 5.41) is 0.531. The van der Waals surface area contributed by atoms with E-state index in [4.69, 9.17) is 26.8 Å². The number of hydrogen-bond donors (Lipinski definition) is 1. The summed E-state index contributed by atoms with van der Waals surface area (Å²) in [6, 6.07) is 3.66. The van der Waals surface area contributed by atoms with Crippen LogP contribution in [0.15, 0.2) is 23.8 Å². The number of benzene rings is 1. The van der Waals surface area contributed by atoms with Gasteiger partial charge in [-0.05, 0) is 43.4 Å². The van der Waals surface area contributed by atoms with E-state index in [0.29, 0.717) is 16.5 Å². The maximum absolute atomic E-state index is 6.33. The SMILES string of the molecule is COc1cc(C(N)C2=CCCCC2)cc(Cl)c1OC. The molecular weight excluding hydrogens is 262 g/mol. The molecule has 0 aliphatic heterocycles. The monoisotopic (exact) mass is 281 g/mol. The number of nitrogens with two attached hydrogens (primary N) is 1. The number of halogens is 1. The Balaban J connectivity index is 2.34. The molecule has 0 fully saturated rings. The molecule has 3 nitrogen and oxygen atoms in total. The van der Waals surface area contributed by atoms with E-state index in [-0.39, 0.29) is 6.04 Å². The fraction of sp³-hybridized carbons (Fsp3) is 0.467. The zero-order valence-corrected chi connectivity index (χ0v) is 12.2. The van der Waals surface area contributed by atoms with E-state index in [0.717, 1.165) is 18.4 Å². The Morgan fingerprint density at radius 1 is 1.21 bits per heavy atom. The van der Waals surface area contributed by atoms with E-state index in [1.54, 1.807) is 14.2 Å². The van der Waals surface area contributed by atoms with Gasteiger partial charge in [0, 0.05) is 0 Å². The van der Waals surface area contributed by atoms with Crippen LogP contribution in [0.2, 0.25) is 5.02 Å². The first-order valence-corrected chi connectivity index (χ1v) is 6.91. The van der Waals surface area contributed by atoms with E-state index in [9.17, 15) is 0 Å². The predicted octanol–water partition coefficient (Wildman–Crippen LogP) is 3.86. The Bertz CT molecular complexity index is 485. The molecule has 1 aromatic rings. The van der Waals surface area contributed by atoms with Gasteiger partial charge in [-0.1, -0.05) is 23.3 Å². The molecule has 0 spiro atoms. The first-order chi connectivity index (χ1) is 9.17. The van der Waals surface area contributed by atoms with Gasteiger partial charge >= 0.3 is 0 Å². The largest absolute Gasteiger partial charge is 0.493 e. The molecule has 1 aliphatic rings. The summed E-state index contributed by atoms with van der Waals surface area (Å²) >= 11 is 6.22. The first-order valence-electron chi connectivity index (χ1n) is 6.53. The normalized spacial score (nSPS) is 16.7. The highest BCUT2D eigenvalue weighted by atomic mass is 35.5. The summed E-state index contributed by atoms with van der Waals surface area (Å²) in [6.45, 7) is 0. The van der Waals surface area contributed by atoms with Crippen molar-refractivity contribution < 1.29 is 9.47 Å². The highest BCUT2D eigenvalue weighted by Gasteiger charge is 2.18. The van der Waals surface area contributed by atoms with Crippen molar-refractivity contribution in [1.82, 2.24) is 0 Å². The number of methoxy groups -OCH3 is 2. The standard InChI is InChI=1S/C15H20ClNO2/c1-18-13-9-11(8-12(16)15(13)19-2)14(17)10-6-4-3-5-7-10/h6,8-9,14H,3-5,7,17H2,1-2H3. The average molecular weight is 282 g/mol. The van der Waals surface area contributed by atoms with Crippen molar-refractivity contribution in [3.8, 4) is 11.5 Å². The lowest BCUT2D eigenvalue weighted by Crippen LogP contribution is -2.15. The maximum atomic E-state index is 6.33. The van der Waals surface area contributed by atoms with Crippen molar-refractivity contribution in [2.24, 2.45) is 5.73 Å². The van der Waals surface area contributed by atoms with Gasteiger partial charge in [0.25, 0.3) is 0 Å². The number of ether oxygens (including phenoxy) is 2. The van der Waals surface area contributed by atoms with E-state index in [1.165, 1.54) is 18.4 Å². The molecular formula is C15H20ClNO2. The highest BCUT2D eigenvalue weighted by molar-refractivity contribution is 6.32. The number of hydrogen-bond acceptors (Lipinski definition) is 3. The second-order valence-corrected chi connectivity index (χ2v) is 5.15. The topological polar surface area (TPSA) is 44.5 Å². The van der Waals surface area contributed by atoms with Crippen molar-refractivity contribution in [2.75, 3.05) is 14.2 Å². The van der Waals surface area contributed by atoms with Crippen LogP contribution in [0.3, 0.4) is 0 Å². The molecule has 0 amide bonds. The fourth-order valence-corrected chi connectivity index (χ4v) is 2.77. The second-order valence-electron chi connectivity index (χ2n) is 4.74. The van der Waals surface area contributed by atoms with E-state index in [1.807, 2.05) is 12.1 Å². The minimum atomic E-state index is -0.113. The Morgan fingerprint density at radius 3 is 2.58 bits per heavy atom. The molecule has 1 atom stereocenters. The summed E-state index contributed by atoms with van der Waals surface area (Å²) in [4.78, 5) is 0. The molecule has 0 bridgehead atoms. The summed E-state index contributed by atoms with van der Waals surface area (Å²) in [7, 11) is 3.18. The third-order valence-corrected chi connectivity index (χ3v) is 3.82. The van der Waals surface area contributed by atoms with Crippen LogP contribution in [0.5, 0.6) is 11.5 Å². The van der Waals surface area contributed by atoms with Gasteiger partial charge in [-0.3, -0.25) is 0 Å². The van der Waals surface area contributed by atoms with Crippen LogP contribution in [-0.2, 0) is 0 Å². The minimum Gasteiger partial charge on any atom is -0.493 e. The zero-order chi connectivity index (χ0) is 13.8. The van der Waals surface area contributed by atoms with Gasteiger partial charge in [-0.15, -0.1) is 0 Å². The average Bonchev–Trinajstić information content (AvgIpc) is 2.46. The Labute approximate surface area is 119 Å². The van der Waals surface area contributed by atoms with Crippen LogP contribution in [0.25, 0.3) is 0 Å². The van der Waals surface area contributed by atoms with Gasteiger partial charge in [-0.2, -0.15) is 0 Å². The van der Waals surface area contributed by atoms with Gasteiger partial charge in [0.15, 0.2) is 11.5 Å². The predicted molar refractivity (Wildman–Crippen MR) is 78.0 cm³/mol. The van der Waals surface area contributed by atoms with Crippen LogP contribution in [0.1, 0.15) is 37.3 Å². The van der Waals surface area contributed by atoms with Crippen LogP contribution < -0.4 is 15.2 Å². The maximum Gasteiger partial charge on any atom is 0.179 e. The molecule has 1 aliphatic carbocycles. The lowest BCUT2D eigenvalue weighted by atomic mass is 9.90. The van der Waals surface area contributed by atoms with Crippen molar-refractivity contribution in [3.63, 3.8) is 0 Å². The molecule has 0 heterocycles. The Kier molecular flexibility index (Phi) is 4.72. The quantitative estimate of drug-likeness (QED) is 0.853. The first kappa shape index (κ1) is 14.2. The highest BCUT2D eigenvalue weighted by Crippen LogP contribution is 2.39. The van der Waals surface area contributed by atoms with E-state index < -0.39 is 0 Å². The molecule has 2 N–H and O–H groups in total. The Morgan fingerprint density at radius 2 is 2.00 bits per heavy atom. The third kappa shape index (κ3) is 3.04. The van der Waals surface area contributed by atoms with Gasteiger partial charge in [-0.25, -0.2) is 0 Å². The summed E-state index contributed by atoms with van der Waals surface area (Å²) < 4.78 is 10.5. The molecule has 4 heteroatoms. The number of allylic oxidation sites excluding steroid dienone is 1. The van der Waals surface area contributed by atoms with Crippen LogP contribution in [0, 0.1) is 0 Å². The lowest BCUT2D eigenvalue weighted by molar-refractivity contribution is 0.354. The summed E-state index contributed by atoms with van der Waals surface area (Å²) in [6.07, 6.45) is 6.89. The third-order valence-electron chi connectivity index (χ3n) is 3.54. The molecule has 19 heavy (non-hydrogen) atoms. The van der Waals surface area contributed by atoms with Gasteiger partial charge in [0.1, 0.15) is 0 Å². The molecule has 104 valence electrons. The molecule has 2 rings (SSSR count). The van der Waals surface area contributed by atoms with Crippen molar-refractivity contribution >= 4 is 11.6 Å². The molecule has 1 aromatic carbocycles. The summed E-state index contributed by atoms with van der Waals surface area (Å²) in [5.74, 6) is 1.18. The van der Waals surface area contributed by atoms with Crippen molar-refractivity contribution in [2.45, 2.75) is 31.7 Å². The second kappa shape index (κ2) is 6.31. The molecule has 1 unspecified atom stereocenters. The van der Waals surface area contributed by atoms with Crippen molar-refractivity contribution in [1.29, 1.82) is 0 Å². The van der Waals surface area contributed by atoms with Crippen LogP contribution >= 0.6 is 11.6 Å². The zero-order valence-electron chi connectivity index (χ0n) is 11.4. The Hall–Kier alpha value is -1.19. The van der Waals surface area contributed by atoms with Crippen molar-refractivity contribution in [3.05, 3.63) is 34.4 Å². The summed E-state index contributed by atoms with van der Waals surface area (Å²) in [5.41, 5.74) is 8.59. The van der Waals surface area contributed by atoms with Gasteiger partial charge < -0.3 is 15.2 Å². The molecule has 0 saturated carbocycles. The fourth-order valence-electron chi connectivity index (χ4n) is 2.48. The van der Waals surface area contributed by atoms with Crippen LogP contribution in [0.4, 0.5) is 0 Å². The molecule has 0 radical (unpaired) electrons. The lowest BCUT2D eigenvalue weighted by Gasteiger charge is -2.21. The molecule has 0 saturated heterocycles. The molecule has 0 aromatic heterocycles.